The van der Waals surface area contributed by atoms with Crippen LogP contribution in [0.15, 0.2) is 84.9 Å². The van der Waals surface area contributed by atoms with Crippen molar-refractivity contribution in [2.45, 2.75) is 57.8 Å². The molecule has 2 atom stereocenters. The summed E-state index contributed by atoms with van der Waals surface area (Å²) in [6, 6.07) is 22.1. The van der Waals surface area contributed by atoms with Crippen LogP contribution in [0.25, 0.3) is 0 Å². The second-order valence-electron chi connectivity index (χ2n) is 12.4. The van der Waals surface area contributed by atoms with Crippen LogP contribution < -0.4 is 15.5 Å². The molecule has 4 aromatic carbocycles. The zero-order valence-corrected chi connectivity index (χ0v) is 26.7. The zero-order valence-electron chi connectivity index (χ0n) is 26.7. The molecule has 250 valence electrons. The Labute approximate surface area is 277 Å². The third-order valence-electron chi connectivity index (χ3n) is 9.25. The Kier molecular flexibility index (Phi) is 9.55. The van der Waals surface area contributed by atoms with Crippen LogP contribution in [-0.4, -0.2) is 31.1 Å². The maximum absolute atomic E-state index is 15.3. The number of alkyl halides is 3. The minimum absolute atomic E-state index is 0.000896. The number of aryl methyl sites for hydroxylation is 2. The first-order valence-corrected chi connectivity index (χ1v) is 16.2. The molecule has 1 saturated heterocycles. The molecule has 2 N–H and O–H groups in total. The molecule has 6 nitrogen and oxygen atoms in total. The Hall–Kier alpha value is -4.70. The van der Waals surface area contributed by atoms with Crippen LogP contribution in [0.5, 0.6) is 0 Å². The van der Waals surface area contributed by atoms with Gasteiger partial charge in [-0.1, -0.05) is 55.5 Å². The quantitative estimate of drug-likeness (QED) is 0.195. The van der Waals surface area contributed by atoms with Crippen molar-refractivity contribution < 1.29 is 31.9 Å². The summed E-state index contributed by atoms with van der Waals surface area (Å²) in [6.45, 7) is 4.64. The van der Waals surface area contributed by atoms with Gasteiger partial charge in [-0.3, -0.25) is 14.5 Å². The van der Waals surface area contributed by atoms with Crippen molar-refractivity contribution in [3.8, 4) is 0 Å². The summed E-state index contributed by atoms with van der Waals surface area (Å²) in [5.74, 6) is -2.78. The topological polar surface area (TPSA) is 70.7 Å². The van der Waals surface area contributed by atoms with Gasteiger partial charge in [0.15, 0.2) is 0 Å². The summed E-state index contributed by atoms with van der Waals surface area (Å²) in [5.41, 5.74) is 2.35. The highest BCUT2D eigenvalue weighted by Crippen LogP contribution is 2.44. The average Bonchev–Trinajstić information content (AvgIpc) is 3.07. The van der Waals surface area contributed by atoms with Crippen LogP contribution >= 0.6 is 0 Å². The van der Waals surface area contributed by atoms with Gasteiger partial charge < -0.3 is 15.4 Å². The van der Waals surface area contributed by atoms with E-state index >= 15 is 4.39 Å². The molecule has 4 aromatic rings. The number of fused-ring (bicyclic) bond motifs is 1. The van der Waals surface area contributed by atoms with Crippen LogP contribution in [0.1, 0.15) is 64.0 Å². The molecule has 2 heterocycles. The fraction of sp³-hybridized carbons (Fsp3) is 0.316. The lowest BCUT2D eigenvalue weighted by Crippen LogP contribution is -2.47. The van der Waals surface area contributed by atoms with Gasteiger partial charge in [-0.2, -0.15) is 13.2 Å². The summed E-state index contributed by atoms with van der Waals surface area (Å²) in [7, 11) is 0. The van der Waals surface area contributed by atoms with Crippen LogP contribution in [0, 0.1) is 18.7 Å². The number of para-hydroxylation sites is 1. The third kappa shape index (κ3) is 6.80. The van der Waals surface area contributed by atoms with Crippen molar-refractivity contribution in [1.82, 2.24) is 0 Å². The Morgan fingerprint density at radius 1 is 0.917 bits per heavy atom. The minimum atomic E-state index is -4.60. The van der Waals surface area contributed by atoms with E-state index in [4.69, 9.17) is 4.74 Å². The van der Waals surface area contributed by atoms with Gasteiger partial charge in [0.2, 0.25) is 5.91 Å². The maximum atomic E-state index is 15.3. The molecule has 0 spiro atoms. The molecule has 0 aromatic heterocycles. The van der Waals surface area contributed by atoms with E-state index in [0.717, 1.165) is 24.6 Å². The number of carbonyl (C=O) groups is 2. The molecule has 0 radical (unpaired) electrons. The van der Waals surface area contributed by atoms with E-state index in [9.17, 15) is 22.8 Å². The Balaban J connectivity index is 1.43. The highest BCUT2D eigenvalue weighted by molar-refractivity contribution is 6.09. The predicted molar refractivity (Wildman–Crippen MR) is 178 cm³/mol. The van der Waals surface area contributed by atoms with Gasteiger partial charge in [0.05, 0.1) is 23.1 Å². The second-order valence-corrected chi connectivity index (χ2v) is 12.4. The van der Waals surface area contributed by atoms with Gasteiger partial charge >= 0.3 is 6.18 Å². The number of hydrogen-bond acceptors (Lipinski definition) is 4. The molecule has 0 bridgehead atoms. The number of benzene rings is 4. The first-order chi connectivity index (χ1) is 23.0. The van der Waals surface area contributed by atoms with E-state index in [0.29, 0.717) is 35.6 Å². The fourth-order valence-corrected chi connectivity index (χ4v) is 6.79. The molecule has 48 heavy (non-hydrogen) atoms. The first-order valence-electron chi connectivity index (χ1n) is 16.2. The highest BCUT2D eigenvalue weighted by Gasteiger charge is 2.43. The standard InChI is InChI=1S/C38H37F4N3O3/c1-3-24-11-16-29(22-31(24)38(40,41)42)44-36(46)30-21-26-8-4-5-10-33(26)45(37(47)34-23(2)7-6-9-32(34)39)35(30)25-12-14-27(15-13-25)43-28-17-19-48-20-18-28/h4-16,22,28,30,35,43H,3,17-21H2,1-2H3,(H,44,46)/t30-,35?/m0/s1. The maximum Gasteiger partial charge on any atom is 0.416 e. The van der Waals surface area contributed by atoms with Crippen molar-refractivity contribution in [2.24, 2.45) is 5.92 Å². The van der Waals surface area contributed by atoms with Crippen LogP contribution in [0.3, 0.4) is 0 Å². The van der Waals surface area contributed by atoms with Gasteiger partial charge in [0.25, 0.3) is 5.91 Å². The molecule has 2 aliphatic heterocycles. The Morgan fingerprint density at radius 2 is 1.62 bits per heavy atom. The number of amides is 2. The number of rotatable bonds is 7. The van der Waals surface area contributed by atoms with Crippen molar-refractivity contribution in [3.63, 3.8) is 0 Å². The number of anilines is 3. The van der Waals surface area contributed by atoms with Crippen molar-refractivity contribution in [3.05, 3.63) is 124 Å². The lowest BCUT2D eigenvalue weighted by molar-refractivity contribution is -0.138. The van der Waals surface area contributed by atoms with E-state index in [1.807, 2.05) is 24.3 Å². The van der Waals surface area contributed by atoms with E-state index in [1.54, 1.807) is 44.2 Å². The molecular formula is C38H37F4N3O3. The molecule has 10 heteroatoms. The molecule has 0 aliphatic carbocycles. The fourth-order valence-electron chi connectivity index (χ4n) is 6.79. The summed E-state index contributed by atoms with van der Waals surface area (Å²) in [6.07, 6.45) is -2.49. The van der Waals surface area contributed by atoms with Gasteiger partial charge in [-0.15, -0.1) is 0 Å². The van der Waals surface area contributed by atoms with E-state index in [-0.39, 0.29) is 35.7 Å². The SMILES string of the molecule is CCc1ccc(NC(=O)[C@H]2Cc3ccccc3N(C(=O)c3c(C)cccc3F)C2c2ccc(NC3CCOCC3)cc2)cc1C(F)(F)F. The van der Waals surface area contributed by atoms with Gasteiger partial charge in [0, 0.05) is 36.3 Å². The molecule has 6 rings (SSSR count). The van der Waals surface area contributed by atoms with E-state index in [1.165, 1.54) is 29.2 Å². The van der Waals surface area contributed by atoms with Crippen molar-refractivity contribution >= 4 is 28.9 Å². The second kappa shape index (κ2) is 13.8. The van der Waals surface area contributed by atoms with Crippen molar-refractivity contribution in [2.75, 3.05) is 28.7 Å². The summed E-state index contributed by atoms with van der Waals surface area (Å²) in [4.78, 5) is 30.2. The molecular weight excluding hydrogens is 622 g/mol. The van der Waals surface area contributed by atoms with Crippen LogP contribution in [0.4, 0.5) is 34.6 Å². The zero-order chi connectivity index (χ0) is 34.0. The highest BCUT2D eigenvalue weighted by atomic mass is 19.4. The van der Waals surface area contributed by atoms with Gasteiger partial charge in [-0.05, 0) is 91.3 Å². The molecule has 2 amide bonds. The van der Waals surface area contributed by atoms with E-state index in [2.05, 4.69) is 10.6 Å². The molecule has 2 aliphatic rings. The number of nitrogens with zero attached hydrogens (tertiary/aromatic N) is 1. The molecule has 1 unspecified atom stereocenters. The minimum Gasteiger partial charge on any atom is -0.382 e. The van der Waals surface area contributed by atoms with Crippen molar-refractivity contribution in [1.29, 1.82) is 0 Å². The monoisotopic (exact) mass is 659 g/mol. The number of nitrogens with one attached hydrogen (secondary N) is 2. The summed E-state index contributed by atoms with van der Waals surface area (Å²) < 4.78 is 62.5. The number of hydrogen-bond donors (Lipinski definition) is 2. The average molecular weight is 660 g/mol. The molecule has 1 fully saturated rings. The molecule has 0 saturated carbocycles. The normalized spacial score (nSPS) is 18.2. The Morgan fingerprint density at radius 3 is 2.31 bits per heavy atom. The first kappa shape index (κ1) is 33.2. The Bertz CT molecular complexity index is 1780. The van der Waals surface area contributed by atoms with Crippen LogP contribution in [0.2, 0.25) is 0 Å². The largest absolute Gasteiger partial charge is 0.416 e. The van der Waals surface area contributed by atoms with E-state index < -0.39 is 41.3 Å². The summed E-state index contributed by atoms with van der Waals surface area (Å²) >= 11 is 0. The summed E-state index contributed by atoms with van der Waals surface area (Å²) in [5, 5.41) is 6.23. The van der Waals surface area contributed by atoms with Gasteiger partial charge in [0.1, 0.15) is 5.82 Å². The lowest BCUT2D eigenvalue weighted by Gasteiger charge is -2.42. The number of carbonyl (C=O) groups excluding carboxylic acids is 2. The van der Waals surface area contributed by atoms with Crippen LogP contribution in [-0.2, 0) is 28.5 Å². The van der Waals surface area contributed by atoms with Gasteiger partial charge in [-0.25, -0.2) is 4.39 Å². The number of halogens is 4. The number of ether oxygens (including phenoxy) is 1. The lowest BCUT2D eigenvalue weighted by atomic mass is 9.80. The smallest absolute Gasteiger partial charge is 0.382 e. The third-order valence-corrected chi connectivity index (χ3v) is 9.25. The predicted octanol–water partition coefficient (Wildman–Crippen LogP) is 8.51.